The molecule has 26 heavy (non-hydrogen) atoms. The Morgan fingerprint density at radius 1 is 1.23 bits per heavy atom. The van der Waals surface area contributed by atoms with Gasteiger partial charge in [0, 0.05) is 19.2 Å². The largest absolute Gasteiger partial charge is 0.497 e. The Bertz CT molecular complexity index is 1100. The van der Waals surface area contributed by atoms with Crippen LogP contribution in [0.25, 0.3) is 11.1 Å². The summed E-state index contributed by atoms with van der Waals surface area (Å²) in [4.78, 5) is 11.6. The summed E-state index contributed by atoms with van der Waals surface area (Å²) in [6.07, 6.45) is 0. The van der Waals surface area contributed by atoms with Crippen molar-refractivity contribution in [3.63, 3.8) is 0 Å². The van der Waals surface area contributed by atoms with Crippen molar-refractivity contribution in [2.45, 2.75) is 24.9 Å². The number of benzene rings is 2. The molecule has 0 fully saturated rings. The number of methoxy groups -OCH3 is 1. The third-order valence-corrected chi connectivity index (χ3v) is 5.82. The average molecular weight is 397 g/mol. The number of aromatic nitrogens is 1. The van der Waals surface area contributed by atoms with Gasteiger partial charge in [0.1, 0.15) is 10.6 Å². The summed E-state index contributed by atoms with van der Waals surface area (Å²) in [5.41, 5.74) is 1.39. The van der Waals surface area contributed by atoms with Crippen molar-refractivity contribution in [1.82, 2.24) is 9.29 Å². The predicted molar refractivity (Wildman–Crippen MR) is 98.2 cm³/mol. The lowest BCUT2D eigenvalue weighted by atomic mass is 10.2. The minimum atomic E-state index is -3.89. The first-order valence-electron chi connectivity index (χ1n) is 7.81. The summed E-state index contributed by atoms with van der Waals surface area (Å²) >= 11 is 6.15. The van der Waals surface area contributed by atoms with Crippen molar-refractivity contribution in [3.8, 4) is 5.75 Å². The van der Waals surface area contributed by atoms with E-state index in [-0.39, 0.29) is 22.0 Å². The van der Waals surface area contributed by atoms with Crippen molar-refractivity contribution in [2.75, 3.05) is 7.11 Å². The van der Waals surface area contributed by atoms with E-state index < -0.39 is 15.8 Å². The first kappa shape index (κ1) is 18.5. The summed E-state index contributed by atoms with van der Waals surface area (Å²) in [7, 11) is -2.34. The van der Waals surface area contributed by atoms with E-state index >= 15 is 0 Å². The van der Waals surface area contributed by atoms with Crippen LogP contribution in [0.3, 0.4) is 0 Å². The third kappa shape index (κ3) is 3.48. The molecule has 138 valence electrons. The zero-order chi connectivity index (χ0) is 18.9. The van der Waals surface area contributed by atoms with Crippen LogP contribution >= 0.6 is 11.6 Å². The van der Waals surface area contributed by atoms with E-state index in [9.17, 15) is 13.2 Å². The molecule has 0 aliphatic heterocycles. The highest BCUT2D eigenvalue weighted by Gasteiger charge is 2.21. The minimum absolute atomic E-state index is 0.0164. The van der Waals surface area contributed by atoms with Crippen LogP contribution in [0.1, 0.15) is 12.5 Å². The standard InChI is InChI=1S/C17H17ClN2O5S/c1-3-20-14-8-13(18)16(9-15(14)25-17(20)21)26(22,23)19-10-11-4-6-12(24-2)7-5-11/h4-9,19H,3,10H2,1-2H3. The number of rotatable bonds is 6. The van der Waals surface area contributed by atoms with Gasteiger partial charge in [-0.3, -0.25) is 4.57 Å². The number of fused-ring (bicyclic) bond motifs is 1. The number of aryl methyl sites for hydroxylation is 1. The second-order valence-electron chi connectivity index (χ2n) is 5.54. The summed E-state index contributed by atoms with van der Waals surface area (Å²) in [5.74, 6) is 0.125. The Morgan fingerprint density at radius 3 is 2.54 bits per heavy atom. The van der Waals surface area contributed by atoms with Crippen LogP contribution in [0.5, 0.6) is 5.75 Å². The highest BCUT2D eigenvalue weighted by Crippen LogP contribution is 2.27. The van der Waals surface area contributed by atoms with Gasteiger partial charge in [-0.05, 0) is 30.7 Å². The predicted octanol–water partition coefficient (Wildman–Crippen LogP) is 2.75. The molecule has 9 heteroatoms. The quantitative estimate of drug-likeness (QED) is 0.691. The Balaban J connectivity index is 1.90. The molecular weight excluding hydrogens is 380 g/mol. The molecule has 0 aliphatic rings. The maximum Gasteiger partial charge on any atom is 0.419 e. The number of hydrogen-bond donors (Lipinski definition) is 1. The van der Waals surface area contributed by atoms with Crippen molar-refractivity contribution < 1.29 is 17.6 Å². The van der Waals surface area contributed by atoms with Crippen LogP contribution in [0.2, 0.25) is 5.02 Å². The van der Waals surface area contributed by atoms with Gasteiger partial charge in [-0.15, -0.1) is 0 Å². The molecule has 0 unspecified atom stereocenters. The number of halogens is 1. The number of sulfonamides is 1. The molecule has 0 spiro atoms. The molecule has 0 bridgehead atoms. The van der Waals surface area contributed by atoms with Crippen molar-refractivity contribution >= 4 is 32.7 Å². The highest BCUT2D eigenvalue weighted by atomic mass is 35.5. The van der Waals surface area contributed by atoms with Gasteiger partial charge in [0.05, 0.1) is 17.6 Å². The van der Waals surface area contributed by atoms with E-state index in [4.69, 9.17) is 20.8 Å². The molecule has 0 aliphatic carbocycles. The van der Waals surface area contributed by atoms with E-state index in [0.717, 1.165) is 5.56 Å². The van der Waals surface area contributed by atoms with Crippen LogP contribution in [0.4, 0.5) is 0 Å². The molecule has 0 atom stereocenters. The summed E-state index contributed by atoms with van der Waals surface area (Å²) in [6.45, 7) is 2.26. The molecule has 1 aromatic heterocycles. The van der Waals surface area contributed by atoms with Gasteiger partial charge in [-0.25, -0.2) is 17.9 Å². The first-order valence-corrected chi connectivity index (χ1v) is 9.67. The van der Waals surface area contributed by atoms with E-state index in [1.54, 1.807) is 38.3 Å². The number of hydrogen-bond acceptors (Lipinski definition) is 5. The Kier molecular flexibility index (Phi) is 5.08. The maximum atomic E-state index is 12.6. The first-order chi connectivity index (χ1) is 12.4. The molecule has 0 radical (unpaired) electrons. The summed E-state index contributed by atoms with van der Waals surface area (Å²) in [6, 6.07) is 9.68. The van der Waals surface area contributed by atoms with Crippen LogP contribution in [-0.2, 0) is 23.1 Å². The third-order valence-electron chi connectivity index (χ3n) is 3.95. The second kappa shape index (κ2) is 7.14. The highest BCUT2D eigenvalue weighted by molar-refractivity contribution is 7.89. The van der Waals surface area contributed by atoms with E-state index in [1.807, 2.05) is 0 Å². The lowest BCUT2D eigenvalue weighted by Crippen LogP contribution is -2.23. The normalized spacial score (nSPS) is 11.8. The molecule has 1 N–H and O–H groups in total. The van der Waals surface area contributed by atoms with Crippen LogP contribution in [-0.4, -0.2) is 20.1 Å². The monoisotopic (exact) mass is 396 g/mol. The molecule has 2 aromatic carbocycles. The van der Waals surface area contributed by atoms with E-state index in [1.165, 1.54) is 16.7 Å². The maximum absolute atomic E-state index is 12.6. The second-order valence-corrected chi connectivity index (χ2v) is 7.68. The van der Waals surface area contributed by atoms with Gasteiger partial charge < -0.3 is 9.15 Å². The molecule has 3 aromatic rings. The topological polar surface area (TPSA) is 90.5 Å². The van der Waals surface area contributed by atoms with E-state index in [2.05, 4.69) is 4.72 Å². The molecular formula is C17H17ClN2O5S. The zero-order valence-electron chi connectivity index (χ0n) is 14.2. The van der Waals surface area contributed by atoms with Gasteiger partial charge in [0.15, 0.2) is 5.58 Å². The van der Waals surface area contributed by atoms with Crippen LogP contribution in [0, 0.1) is 0 Å². The fourth-order valence-electron chi connectivity index (χ4n) is 2.57. The summed E-state index contributed by atoms with van der Waals surface area (Å²) in [5, 5.41) is 0.0164. The fraction of sp³-hybridized carbons (Fsp3) is 0.235. The van der Waals surface area contributed by atoms with Crippen molar-refractivity contribution in [2.24, 2.45) is 0 Å². The minimum Gasteiger partial charge on any atom is -0.497 e. The Labute approximate surface area is 155 Å². The van der Waals surface area contributed by atoms with Gasteiger partial charge in [-0.2, -0.15) is 0 Å². The fourth-order valence-corrected chi connectivity index (χ4v) is 4.12. The van der Waals surface area contributed by atoms with Crippen LogP contribution in [0.15, 0.2) is 50.5 Å². The lowest BCUT2D eigenvalue weighted by molar-refractivity contribution is 0.414. The van der Waals surface area contributed by atoms with Crippen molar-refractivity contribution in [3.05, 3.63) is 57.5 Å². The number of nitrogens with zero attached hydrogens (tertiary/aromatic N) is 1. The number of nitrogens with one attached hydrogen (secondary N) is 1. The molecule has 0 amide bonds. The van der Waals surface area contributed by atoms with E-state index in [0.29, 0.717) is 17.8 Å². The molecule has 0 saturated heterocycles. The van der Waals surface area contributed by atoms with Crippen molar-refractivity contribution in [1.29, 1.82) is 0 Å². The van der Waals surface area contributed by atoms with Gasteiger partial charge in [0.25, 0.3) is 0 Å². The number of oxazole rings is 1. The van der Waals surface area contributed by atoms with Gasteiger partial charge in [0.2, 0.25) is 10.0 Å². The lowest BCUT2D eigenvalue weighted by Gasteiger charge is -2.09. The number of ether oxygens (including phenoxy) is 1. The molecule has 0 saturated carbocycles. The SMILES string of the molecule is CCn1c(=O)oc2cc(S(=O)(=O)NCc3ccc(OC)cc3)c(Cl)cc21. The summed E-state index contributed by atoms with van der Waals surface area (Å²) < 4.78 is 39.3. The molecule has 3 rings (SSSR count). The van der Waals surface area contributed by atoms with Gasteiger partial charge >= 0.3 is 5.76 Å². The zero-order valence-corrected chi connectivity index (χ0v) is 15.7. The molecule has 1 heterocycles. The van der Waals surface area contributed by atoms with Gasteiger partial charge in [-0.1, -0.05) is 23.7 Å². The van der Waals surface area contributed by atoms with Crippen LogP contribution < -0.4 is 15.2 Å². The Hall–Kier alpha value is -2.29. The average Bonchev–Trinajstić information content (AvgIpc) is 2.93. The Morgan fingerprint density at radius 2 is 1.92 bits per heavy atom. The molecule has 7 nitrogen and oxygen atoms in total. The smallest absolute Gasteiger partial charge is 0.419 e.